The number of hydrogen-bond donors (Lipinski definition) is 1. The Morgan fingerprint density at radius 3 is 2.47 bits per heavy atom. The SMILES string of the molecule is O=C(Nc1ccc2c(c1)OCCCO2)C1CCN(C(=O)/C=C/c2ccccc2)CC1. The van der Waals surface area contributed by atoms with Gasteiger partial charge in [-0.05, 0) is 36.6 Å². The van der Waals surface area contributed by atoms with Crippen LogP contribution in [0.3, 0.4) is 0 Å². The third-order valence-corrected chi connectivity index (χ3v) is 5.41. The van der Waals surface area contributed by atoms with Crippen molar-refractivity contribution < 1.29 is 19.1 Å². The number of benzene rings is 2. The van der Waals surface area contributed by atoms with Crippen molar-refractivity contribution in [3.63, 3.8) is 0 Å². The van der Waals surface area contributed by atoms with Crippen LogP contribution < -0.4 is 14.8 Å². The predicted molar refractivity (Wildman–Crippen MR) is 115 cm³/mol. The van der Waals surface area contributed by atoms with E-state index >= 15 is 0 Å². The molecule has 0 spiro atoms. The van der Waals surface area contributed by atoms with Gasteiger partial charge in [0.05, 0.1) is 13.2 Å². The Balaban J connectivity index is 1.28. The van der Waals surface area contributed by atoms with Gasteiger partial charge < -0.3 is 19.7 Å². The van der Waals surface area contributed by atoms with Gasteiger partial charge in [0.25, 0.3) is 0 Å². The number of nitrogens with zero attached hydrogens (tertiary/aromatic N) is 1. The quantitative estimate of drug-likeness (QED) is 0.786. The minimum atomic E-state index is -0.108. The fourth-order valence-corrected chi connectivity index (χ4v) is 3.68. The highest BCUT2D eigenvalue weighted by Crippen LogP contribution is 2.32. The molecule has 0 unspecified atom stereocenters. The molecule has 2 aromatic carbocycles. The Morgan fingerprint density at radius 2 is 1.70 bits per heavy atom. The van der Waals surface area contributed by atoms with Gasteiger partial charge in [0.2, 0.25) is 11.8 Å². The lowest BCUT2D eigenvalue weighted by Gasteiger charge is -2.30. The molecule has 2 aromatic rings. The first-order valence-corrected chi connectivity index (χ1v) is 10.4. The van der Waals surface area contributed by atoms with Gasteiger partial charge in [-0.15, -0.1) is 0 Å². The number of carbonyl (C=O) groups is 2. The molecule has 6 nitrogen and oxygen atoms in total. The van der Waals surface area contributed by atoms with Gasteiger partial charge in [-0.2, -0.15) is 0 Å². The molecule has 6 heteroatoms. The molecule has 0 bridgehead atoms. The number of rotatable bonds is 4. The van der Waals surface area contributed by atoms with E-state index in [9.17, 15) is 9.59 Å². The summed E-state index contributed by atoms with van der Waals surface area (Å²) < 4.78 is 11.3. The fraction of sp³-hybridized carbons (Fsp3) is 0.333. The minimum absolute atomic E-state index is 0.0133. The summed E-state index contributed by atoms with van der Waals surface area (Å²) in [5.41, 5.74) is 1.70. The van der Waals surface area contributed by atoms with Gasteiger partial charge in [-0.1, -0.05) is 30.3 Å². The molecule has 156 valence electrons. The first-order chi connectivity index (χ1) is 14.7. The zero-order valence-electron chi connectivity index (χ0n) is 16.9. The van der Waals surface area contributed by atoms with Crippen LogP contribution in [-0.2, 0) is 9.59 Å². The molecule has 1 saturated heterocycles. The number of nitrogens with one attached hydrogen (secondary N) is 1. The number of carbonyl (C=O) groups excluding carboxylic acids is 2. The summed E-state index contributed by atoms with van der Waals surface area (Å²) in [5, 5.41) is 2.98. The van der Waals surface area contributed by atoms with Gasteiger partial charge in [0, 0.05) is 43.3 Å². The highest BCUT2D eigenvalue weighted by atomic mass is 16.5. The van der Waals surface area contributed by atoms with Crippen LogP contribution in [0.5, 0.6) is 11.5 Å². The Morgan fingerprint density at radius 1 is 0.967 bits per heavy atom. The van der Waals surface area contributed by atoms with E-state index in [1.807, 2.05) is 54.6 Å². The molecule has 1 fully saturated rings. The second-order valence-electron chi connectivity index (χ2n) is 7.54. The lowest BCUT2D eigenvalue weighted by atomic mass is 9.95. The molecule has 4 rings (SSSR count). The number of likely N-dealkylation sites (tertiary alicyclic amines) is 1. The summed E-state index contributed by atoms with van der Waals surface area (Å²) in [6.45, 7) is 2.40. The van der Waals surface area contributed by atoms with Crippen molar-refractivity contribution in [3.8, 4) is 11.5 Å². The average molecular weight is 406 g/mol. The maximum atomic E-state index is 12.7. The van der Waals surface area contributed by atoms with Crippen molar-refractivity contribution in [3.05, 3.63) is 60.2 Å². The summed E-state index contributed by atoms with van der Waals surface area (Å²) in [5.74, 6) is 1.23. The number of ether oxygens (including phenoxy) is 2. The normalized spacial score (nSPS) is 16.9. The predicted octanol–water partition coefficient (Wildman–Crippen LogP) is 3.74. The number of hydrogen-bond acceptors (Lipinski definition) is 4. The first-order valence-electron chi connectivity index (χ1n) is 10.4. The topological polar surface area (TPSA) is 67.9 Å². The summed E-state index contributed by atoms with van der Waals surface area (Å²) in [4.78, 5) is 26.9. The Hall–Kier alpha value is -3.28. The smallest absolute Gasteiger partial charge is 0.246 e. The summed E-state index contributed by atoms with van der Waals surface area (Å²) in [6, 6.07) is 15.2. The van der Waals surface area contributed by atoms with Crippen LogP contribution in [0.15, 0.2) is 54.6 Å². The molecule has 2 aliphatic heterocycles. The number of piperidine rings is 1. The molecule has 0 atom stereocenters. The van der Waals surface area contributed by atoms with Crippen LogP contribution >= 0.6 is 0 Å². The average Bonchev–Trinajstić information content (AvgIpc) is 3.03. The van der Waals surface area contributed by atoms with E-state index < -0.39 is 0 Å². The molecule has 2 aliphatic rings. The largest absolute Gasteiger partial charge is 0.490 e. The molecule has 0 aliphatic carbocycles. The maximum Gasteiger partial charge on any atom is 0.246 e. The lowest BCUT2D eigenvalue weighted by molar-refractivity contribution is -0.130. The van der Waals surface area contributed by atoms with Gasteiger partial charge >= 0.3 is 0 Å². The lowest BCUT2D eigenvalue weighted by Crippen LogP contribution is -2.40. The van der Waals surface area contributed by atoms with Crippen LogP contribution in [-0.4, -0.2) is 43.0 Å². The summed E-state index contributed by atoms with van der Waals surface area (Å²) in [7, 11) is 0. The number of fused-ring (bicyclic) bond motifs is 1. The van der Waals surface area contributed by atoms with Crippen molar-refractivity contribution in [1.82, 2.24) is 4.90 Å². The molecule has 0 aromatic heterocycles. The second-order valence-corrected chi connectivity index (χ2v) is 7.54. The first kappa shape index (κ1) is 20.0. The number of amides is 2. The molecule has 0 radical (unpaired) electrons. The zero-order valence-corrected chi connectivity index (χ0v) is 16.9. The van der Waals surface area contributed by atoms with Gasteiger partial charge in [0.1, 0.15) is 0 Å². The van der Waals surface area contributed by atoms with Crippen molar-refractivity contribution in [2.45, 2.75) is 19.3 Å². The van der Waals surface area contributed by atoms with Crippen LogP contribution in [0.25, 0.3) is 6.08 Å². The second kappa shape index (κ2) is 9.48. The highest BCUT2D eigenvalue weighted by Gasteiger charge is 2.27. The van der Waals surface area contributed by atoms with E-state index in [0.717, 1.165) is 12.0 Å². The molecule has 2 amide bonds. The van der Waals surface area contributed by atoms with E-state index in [1.165, 1.54) is 0 Å². The molecule has 30 heavy (non-hydrogen) atoms. The van der Waals surface area contributed by atoms with Crippen molar-refractivity contribution in [2.24, 2.45) is 5.92 Å². The van der Waals surface area contributed by atoms with E-state index in [0.29, 0.717) is 56.3 Å². The Kier molecular flexibility index (Phi) is 6.32. The van der Waals surface area contributed by atoms with Gasteiger partial charge in [0.15, 0.2) is 11.5 Å². The van der Waals surface area contributed by atoms with Crippen molar-refractivity contribution in [2.75, 3.05) is 31.6 Å². The van der Waals surface area contributed by atoms with Crippen LogP contribution in [0.4, 0.5) is 5.69 Å². The minimum Gasteiger partial charge on any atom is -0.490 e. The fourth-order valence-electron chi connectivity index (χ4n) is 3.68. The highest BCUT2D eigenvalue weighted by molar-refractivity contribution is 5.94. The Labute approximate surface area is 176 Å². The maximum absolute atomic E-state index is 12.7. The van der Waals surface area contributed by atoms with Crippen LogP contribution in [0, 0.1) is 5.92 Å². The summed E-state index contributed by atoms with van der Waals surface area (Å²) >= 11 is 0. The molecular weight excluding hydrogens is 380 g/mol. The van der Waals surface area contributed by atoms with Crippen LogP contribution in [0.2, 0.25) is 0 Å². The molecular formula is C24H26N2O4. The zero-order chi connectivity index (χ0) is 20.8. The van der Waals surface area contributed by atoms with E-state index in [2.05, 4.69) is 5.32 Å². The standard InChI is InChI=1S/C24H26N2O4/c27-23(10-7-18-5-2-1-3-6-18)26-13-11-19(12-14-26)24(28)25-20-8-9-21-22(17-20)30-16-4-15-29-21/h1-3,5-10,17,19H,4,11-16H2,(H,25,28)/b10-7+. The number of anilines is 1. The molecule has 1 N–H and O–H groups in total. The molecule has 0 saturated carbocycles. The third-order valence-electron chi connectivity index (χ3n) is 5.41. The monoisotopic (exact) mass is 406 g/mol. The third kappa shape index (κ3) is 5.00. The van der Waals surface area contributed by atoms with Gasteiger partial charge in [-0.3, -0.25) is 9.59 Å². The van der Waals surface area contributed by atoms with Crippen LogP contribution in [0.1, 0.15) is 24.8 Å². The van der Waals surface area contributed by atoms with E-state index in [4.69, 9.17) is 9.47 Å². The van der Waals surface area contributed by atoms with Gasteiger partial charge in [-0.25, -0.2) is 0 Å². The van der Waals surface area contributed by atoms with E-state index in [-0.39, 0.29) is 17.7 Å². The van der Waals surface area contributed by atoms with Crippen molar-refractivity contribution >= 4 is 23.6 Å². The Bertz CT molecular complexity index is 918. The van der Waals surface area contributed by atoms with E-state index in [1.54, 1.807) is 11.0 Å². The summed E-state index contributed by atoms with van der Waals surface area (Å²) in [6.07, 6.45) is 5.58. The molecule has 2 heterocycles. The van der Waals surface area contributed by atoms with Crippen molar-refractivity contribution in [1.29, 1.82) is 0 Å².